The molecule has 0 aromatic heterocycles. The normalized spacial score (nSPS) is 21.4. The van der Waals surface area contributed by atoms with Crippen molar-refractivity contribution >= 4 is 23.0 Å². The fourth-order valence-electron chi connectivity index (χ4n) is 4.36. The molecule has 3 nitrogen and oxygen atoms in total. The van der Waals surface area contributed by atoms with Crippen molar-refractivity contribution in [1.82, 2.24) is 0 Å². The third kappa shape index (κ3) is 2.95. The van der Waals surface area contributed by atoms with Gasteiger partial charge in [0.1, 0.15) is 11.8 Å². The van der Waals surface area contributed by atoms with Crippen LogP contribution in [0.15, 0.2) is 42.2 Å². The average molecular weight is 378 g/mol. The highest BCUT2D eigenvalue weighted by atomic mass is 35.5. The highest BCUT2D eigenvalue weighted by Crippen LogP contribution is 2.46. The first-order valence-electron chi connectivity index (χ1n) is 9.34. The van der Waals surface area contributed by atoms with Gasteiger partial charge in [-0.25, -0.2) is 0 Å². The van der Waals surface area contributed by atoms with Gasteiger partial charge >= 0.3 is 0 Å². The van der Waals surface area contributed by atoms with Gasteiger partial charge in [-0.15, -0.1) is 0 Å². The molecule has 0 heterocycles. The van der Waals surface area contributed by atoms with E-state index in [2.05, 4.69) is 6.07 Å². The van der Waals surface area contributed by atoms with Gasteiger partial charge in [0.25, 0.3) is 0 Å². The van der Waals surface area contributed by atoms with Crippen LogP contribution in [0.3, 0.4) is 0 Å². The lowest BCUT2D eigenvalue weighted by atomic mass is 9.81. The van der Waals surface area contributed by atoms with E-state index in [4.69, 9.17) is 11.6 Å². The molecule has 0 amide bonds. The zero-order valence-corrected chi connectivity index (χ0v) is 15.9. The summed E-state index contributed by atoms with van der Waals surface area (Å²) in [7, 11) is 0. The second-order valence-corrected chi connectivity index (χ2v) is 7.77. The molecule has 136 valence electrons. The molecule has 1 saturated carbocycles. The lowest BCUT2D eigenvalue weighted by Crippen LogP contribution is -2.22. The maximum atomic E-state index is 13.0. The minimum atomic E-state index is 0.0370. The Labute approximate surface area is 163 Å². The number of fused-ring (bicyclic) bond motifs is 2. The van der Waals surface area contributed by atoms with Crippen LogP contribution in [0.2, 0.25) is 5.02 Å². The average Bonchev–Trinajstić information content (AvgIpc) is 3.14. The second-order valence-electron chi connectivity index (χ2n) is 7.36. The largest absolute Gasteiger partial charge is 0.511 e. The Bertz CT molecular complexity index is 1020. The van der Waals surface area contributed by atoms with Crippen LogP contribution in [0, 0.1) is 23.2 Å². The van der Waals surface area contributed by atoms with Crippen molar-refractivity contribution in [2.45, 2.75) is 32.6 Å². The molecule has 27 heavy (non-hydrogen) atoms. The molecular weight excluding hydrogens is 358 g/mol. The monoisotopic (exact) mass is 377 g/mol. The number of aliphatic hydroxyl groups excluding tert-OH is 1. The predicted molar refractivity (Wildman–Crippen MR) is 106 cm³/mol. The van der Waals surface area contributed by atoms with Crippen molar-refractivity contribution < 1.29 is 9.90 Å². The third-order valence-electron chi connectivity index (χ3n) is 5.87. The summed E-state index contributed by atoms with van der Waals surface area (Å²) in [5, 5.41) is 20.4. The van der Waals surface area contributed by atoms with Crippen LogP contribution in [0.1, 0.15) is 42.9 Å². The van der Waals surface area contributed by atoms with Crippen molar-refractivity contribution in [1.29, 1.82) is 5.26 Å². The van der Waals surface area contributed by atoms with Gasteiger partial charge < -0.3 is 5.11 Å². The molecule has 0 unspecified atom stereocenters. The number of aliphatic hydroxyl groups is 1. The summed E-state index contributed by atoms with van der Waals surface area (Å²) >= 11 is 6.05. The first-order chi connectivity index (χ1) is 13.0. The molecule has 0 spiro atoms. The number of hydrogen-bond donors (Lipinski definition) is 1. The lowest BCUT2D eigenvalue weighted by molar-refractivity contribution is -0.117. The Morgan fingerprint density at radius 1 is 1.15 bits per heavy atom. The van der Waals surface area contributed by atoms with Crippen LogP contribution in [-0.2, 0) is 11.2 Å². The Morgan fingerprint density at radius 3 is 2.59 bits per heavy atom. The Balaban J connectivity index is 1.87. The molecule has 0 saturated heterocycles. The first-order valence-corrected chi connectivity index (χ1v) is 9.72. The number of rotatable bonds is 3. The Morgan fingerprint density at radius 2 is 1.85 bits per heavy atom. The van der Waals surface area contributed by atoms with E-state index in [1.165, 1.54) is 0 Å². The van der Waals surface area contributed by atoms with Gasteiger partial charge in [0.15, 0.2) is 5.78 Å². The quantitative estimate of drug-likeness (QED) is 0.745. The molecule has 1 N–H and O–H groups in total. The maximum absolute atomic E-state index is 13.0. The summed E-state index contributed by atoms with van der Waals surface area (Å²) in [5.41, 5.74) is 4.56. The zero-order valence-electron chi connectivity index (χ0n) is 15.1. The number of aryl methyl sites for hydroxylation is 1. The lowest BCUT2D eigenvalue weighted by Gasteiger charge is -2.23. The highest BCUT2D eigenvalue weighted by molar-refractivity contribution is 6.31. The molecule has 2 bridgehead atoms. The van der Waals surface area contributed by atoms with Gasteiger partial charge in [-0.1, -0.05) is 36.7 Å². The van der Waals surface area contributed by atoms with E-state index in [9.17, 15) is 15.2 Å². The first kappa shape index (κ1) is 17.8. The van der Waals surface area contributed by atoms with Crippen molar-refractivity contribution in [3.05, 3.63) is 63.9 Å². The number of nitriles is 1. The van der Waals surface area contributed by atoms with Crippen molar-refractivity contribution in [2.75, 3.05) is 0 Å². The molecule has 2 aliphatic carbocycles. The van der Waals surface area contributed by atoms with Gasteiger partial charge in [0, 0.05) is 11.8 Å². The van der Waals surface area contributed by atoms with Gasteiger partial charge in [-0.05, 0) is 66.1 Å². The van der Waals surface area contributed by atoms with Crippen molar-refractivity contribution in [2.24, 2.45) is 11.8 Å². The van der Waals surface area contributed by atoms with Crippen molar-refractivity contribution in [3.63, 3.8) is 0 Å². The van der Waals surface area contributed by atoms with Crippen LogP contribution in [0.5, 0.6) is 0 Å². The van der Waals surface area contributed by atoms with Crippen LogP contribution in [0.4, 0.5) is 0 Å². The Hall–Kier alpha value is -2.57. The number of ketones is 1. The summed E-state index contributed by atoms with van der Waals surface area (Å²) < 4.78 is 0. The van der Waals surface area contributed by atoms with Crippen LogP contribution < -0.4 is 0 Å². The van der Waals surface area contributed by atoms with Crippen LogP contribution in [0.25, 0.3) is 16.7 Å². The molecule has 2 aliphatic rings. The van der Waals surface area contributed by atoms with E-state index in [1.54, 1.807) is 12.1 Å². The number of halogens is 1. The van der Waals surface area contributed by atoms with E-state index in [0.29, 0.717) is 16.2 Å². The third-order valence-corrected chi connectivity index (χ3v) is 6.20. The topological polar surface area (TPSA) is 61.1 Å². The van der Waals surface area contributed by atoms with E-state index >= 15 is 0 Å². The standard InChI is InChI=1S/C23H20ClNO2/c1-2-13-3-4-15(14-7-8-20(24)18(9-14)12-25)11-19(13)21-22(26)16-5-6-17(10-16)23(21)27/h3-4,7-9,11,16-17,26H,2,5-6,10H2,1H3/t16-,17+/m1/s1. The molecule has 1 fully saturated rings. The van der Waals surface area contributed by atoms with E-state index in [-0.39, 0.29) is 23.4 Å². The summed E-state index contributed by atoms with van der Waals surface area (Å²) in [6.45, 7) is 2.05. The zero-order chi connectivity index (χ0) is 19.1. The number of Topliss-reactive ketones (excluding diaryl/α,β-unsaturated/α-hetero) is 1. The predicted octanol–water partition coefficient (Wildman–Crippen LogP) is 5.71. The summed E-state index contributed by atoms with van der Waals surface area (Å²) in [4.78, 5) is 13.0. The van der Waals surface area contributed by atoms with Gasteiger partial charge in [-0.3, -0.25) is 4.79 Å². The number of carbonyl (C=O) groups excluding carboxylic acids is 1. The molecule has 2 atom stereocenters. The van der Waals surface area contributed by atoms with Gasteiger partial charge in [-0.2, -0.15) is 5.26 Å². The Kier molecular flexibility index (Phi) is 4.53. The number of benzene rings is 2. The molecule has 2 aromatic rings. The highest BCUT2D eigenvalue weighted by Gasteiger charge is 2.41. The molecular formula is C23H20ClNO2. The van der Waals surface area contributed by atoms with Crippen LogP contribution >= 0.6 is 11.6 Å². The van der Waals surface area contributed by atoms with E-state index in [0.717, 1.165) is 47.9 Å². The molecule has 4 rings (SSSR count). The van der Waals surface area contributed by atoms with E-state index < -0.39 is 0 Å². The molecule has 4 heteroatoms. The van der Waals surface area contributed by atoms with Crippen molar-refractivity contribution in [3.8, 4) is 17.2 Å². The molecule has 0 aliphatic heterocycles. The minimum Gasteiger partial charge on any atom is -0.511 e. The number of hydrogen-bond acceptors (Lipinski definition) is 3. The smallest absolute Gasteiger partial charge is 0.169 e. The summed E-state index contributed by atoms with van der Waals surface area (Å²) in [6, 6.07) is 13.4. The van der Waals surface area contributed by atoms with Gasteiger partial charge in [0.2, 0.25) is 0 Å². The fourth-order valence-corrected chi connectivity index (χ4v) is 4.52. The molecule has 2 aromatic carbocycles. The maximum Gasteiger partial charge on any atom is 0.169 e. The number of nitrogens with zero attached hydrogens (tertiary/aromatic N) is 1. The summed E-state index contributed by atoms with van der Waals surface area (Å²) in [6.07, 6.45) is 3.30. The number of carbonyl (C=O) groups is 1. The van der Waals surface area contributed by atoms with Gasteiger partial charge in [0.05, 0.1) is 16.2 Å². The summed E-state index contributed by atoms with van der Waals surface area (Å²) in [5.74, 6) is 0.475. The van der Waals surface area contributed by atoms with Crippen LogP contribution in [-0.4, -0.2) is 10.9 Å². The molecule has 0 radical (unpaired) electrons. The fraction of sp³-hybridized carbons (Fsp3) is 0.304. The second kappa shape index (κ2) is 6.87. The van der Waals surface area contributed by atoms with E-state index in [1.807, 2.05) is 31.2 Å². The minimum absolute atomic E-state index is 0.0370. The number of allylic oxidation sites excluding steroid dienone is 2. The SMILES string of the molecule is CCc1ccc(-c2ccc(Cl)c(C#N)c2)cc1C1=C(O)[C@@H]2CC[C@@H](C2)C1=O.